The summed E-state index contributed by atoms with van der Waals surface area (Å²) in [6.07, 6.45) is 0. The summed E-state index contributed by atoms with van der Waals surface area (Å²) >= 11 is 8.90. The molecule has 0 saturated carbocycles. The first-order valence-electron chi connectivity index (χ1n) is 5.16. The van der Waals surface area contributed by atoms with E-state index in [9.17, 15) is 13.5 Å². The third-order valence-electron chi connectivity index (χ3n) is 2.36. The molecule has 100 valence electrons. The second-order valence-electron chi connectivity index (χ2n) is 3.67. The molecule has 0 spiro atoms. The molecule has 0 aliphatic carbocycles. The number of halogens is 2. The zero-order valence-corrected chi connectivity index (χ0v) is 12.6. The van der Waals surface area contributed by atoms with Crippen LogP contribution in [0.15, 0.2) is 51.8 Å². The van der Waals surface area contributed by atoms with Crippen LogP contribution in [-0.2, 0) is 10.0 Å². The lowest BCUT2D eigenvalue weighted by atomic mass is 10.3. The van der Waals surface area contributed by atoms with Gasteiger partial charge in [-0.3, -0.25) is 4.72 Å². The van der Waals surface area contributed by atoms with Crippen molar-refractivity contribution in [2.75, 3.05) is 4.72 Å². The van der Waals surface area contributed by atoms with Crippen molar-refractivity contribution in [2.24, 2.45) is 0 Å². The van der Waals surface area contributed by atoms with Crippen molar-refractivity contribution in [1.82, 2.24) is 0 Å². The molecule has 0 radical (unpaired) electrons. The smallest absolute Gasteiger partial charge is 0.263 e. The highest BCUT2D eigenvalue weighted by atomic mass is 79.9. The van der Waals surface area contributed by atoms with Gasteiger partial charge in [-0.25, -0.2) is 8.42 Å². The molecule has 0 amide bonds. The van der Waals surface area contributed by atoms with E-state index >= 15 is 0 Å². The van der Waals surface area contributed by atoms with Gasteiger partial charge in [0.05, 0.1) is 10.7 Å². The molecule has 0 aliphatic rings. The van der Waals surface area contributed by atoms with Gasteiger partial charge in [-0.2, -0.15) is 0 Å². The first-order valence-corrected chi connectivity index (χ1v) is 7.82. The van der Waals surface area contributed by atoms with E-state index in [0.29, 0.717) is 4.47 Å². The lowest BCUT2D eigenvalue weighted by molar-refractivity contribution is 0.478. The van der Waals surface area contributed by atoms with Crippen molar-refractivity contribution in [1.29, 1.82) is 0 Å². The Bertz CT molecular complexity index is 719. The van der Waals surface area contributed by atoms with Gasteiger partial charge in [-0.05, 0) is 40.2 Å². The van der Waals surface area contributed by atoms with Gasteiger partial charge in [0.15, 0.2) is 5.75 Å². The van der Waals surface area contributed by atoms with Crippen molar-refractivity contribution in [3.63, 3.8) is 0 Å². The standard InChI is InChI=1S/C12H9BrClNO3S/c13-8-4-1-2-7-11(8)19(17,18)15-10-6-3-5-9(14)12(10)16/h1-7,15-16H. The van der Waals surface area contributed by atoms with E-state index in [4.69, 9.17) is 11.6 Å². The summed E-state index contributed by atoms with van der Waals surface area (Å²) in [4.78, 5) is 0.0781. The van der Waals surface area contributed by atoms with Gasteiger partial charge < -0.3 is 5.11 Å². The maximum absolute atomic E-state index is 12.2. The minimum Gasteiger partial charge on any atom is -0.504 e. The summed E-state index contributed by atoms with van der Waals surface area (Å²) in [5, 5.41) is 9.78. The third kappa shape index (κ3) is 3.02. The highest BCUT2D eigenvalue weighted by Gasteiger charge is 2.19. The Kier molecular flexibility index (Phi) is 4.03. The zero-order chi connectivity index (χ0) is 14.0. The Balaban J connectivity index is 2.43. The van der Waals surface area contributed by atoms with Crippen LogP contribution >= 0.6 is 27.5 Å². The van der Waals surface area contributed by atoms with E-state index in [2.05, 4.69) is 20.7 Å². The number of anilines is 1. The Morgan fingerprint density at radius 1 is 1.11 bits per heavy atom. The second-order valence-corrected chi connectivity index (χ2v) is 6.58. The number of benzene rings is 2. The topological polar surface area (TPSA) is 66.4 Å². The molecule has 0 atom stereocenters. The molecule has 7 heteroatoms. The summed E-state index contributed by atoms with van der Waals surface area (Å²) in [6.45, 7) is 0. The first kappa shape index (κ1) is 14.2. The molecular formula is C12H9BrClNO3S. The number of hydrogen-bond donors (Lipinski definition) is 2. The van der Waals surface area contributed by atoms with Gasteiger partial charge in [0.25, 0.3) is 10.0 Å². The van der Waals surface area contributed by atoms with Crippen molar-refractivity contribution in [3.8, 4) is 5.75 Å². The Morgan fingerprint density at radius 2 is 1.79 bits per heavy atom. The molecule has 0 aliphatic heterocycles. The zero-order valence-electron chi connectivity index (χ0n) is 9.47. The Morgan fingerprint density at radius 3 is 2.47 bits per heavy atom. The molecule has 0 heterocycles. The van der Waals surface area contributed by atoms with Crippen LogP contribution in [0.2, 0.25) is 5.02 Å². The van der Waals surface area contributed by atoms with Crippen LogP contribution < -0.4 is 4.72 Å². The molecule has 2 rings (SSSR count). The minimum absolute atomic E-state index is 0.0308. The van der Waals surface area contributed by atoms with Crippen LogP contribution in [0.25, 0.3) is 0 Å². The van der Waals surface area contributed by atoms with Gasteiger partial charge in [0, 0.05) is 4.47 Å². The second kappa shape index (κ2) is 5.40. The molecule has 0 bridgehead atoms. The predicted molar refractivity (Wildman–Crippen MR) is 78.1 cm³/mol. The minimum atomic E-state index is -3.80. The van der Waals surface area contributed by atoms with Crippen molar-refractivity contribution < 1.29 is 13.5 Å². The highest BCUT2D eigenvalue weighted by Crippen LogP contribution is 2.33. The van der Waals surface area contributed by atoms with Gasteiger partial charge in [-0.1, -0.05) is 29.8 Å². The van der Waals surface area contributed by atoms with Gasteiger partial charge in [0.2, 0.25) is 0 Å². The van der Waals surface area contributed by atoms with E-state index < -0.39 is 10.0 Å². The number of aromatic hydroxyl groups is 1. The lowest BCUT2D eigenvalue weighted by Gasteiger charge is -2.11. The fourth-order valence-electron chi connectivity index (χ4n) is 1.46. The molecule has 0 unspecified atom stereocenters. The van der Waals surface area contributed by atoms with Crippen LogP contribution in [0.1, 0.15) is 0 Å². The Hall–Kier alpha value is -1.24. The van der Waals surface area contributed by atoms with Crippen LogP contribution in [0.4, 0.5) is 5.69 Å². The van der Waals surface area contributed by atoms with Crippen LogP contribution in [0, 0.1) is 0 Å². The number of rotatable bonds is 3. The van der Waals surface area contributed by atoms with E-state index in [-0.39, 0.29) is 21.4 Å². The Labute approximate surface area is 124 Å². The normalized spacial score (nSPS) is 11.3. The molecule has 2 N–H and O–H groups in total. The van der Waals surface area contributed by atoms with E-state index in [1.807, 2.05) is 0 Å². The van der Waals surface area contributed by atoms with Crippen LogP contribution in [0.3, 0.4) is 0 Å². The van der Waals surface area contributed by atoms with Crippen molar-refractivity contribution >= 4 is 43.2 Å². The maximum Gasteiger partial charge on any atom is 0.263 e. The third-order valence-corrected chi connectivity index (χ3v) is 5.04. The van der Waals surface area contributed by atoms with Crippen molar-refractivity contribution in [2.45, 2.75) is 4.90 Å². The number of sulfonamides is 1. The fourth-order valence-corrected chi connectivity index (χ4v) is 3.71. The van der Waals surface area contributed by atoms with E-state index in [1.54, 1.807) is 24.3 Å². The molecule has 2 aromatic rings. The highest BCUT2D eigenvalue weighted by molar-refractivity contribution is 9.10. The fraction of sp³-hybridized carbons (Fsp3) is 0. The molecule has 2 aromatic carbocycles. The summed E-state index contributed by atoms with van der Waals surface area (Å²) in [5.41, 5.74) is 0.0308. The monoisotopic (exact) mass is 361 g/mol. The SMILES string of the molecule is O=S(=O)(Nc1cccc(Cl)c1O)c1ccccc1Br. The van der Waals surface area contributed by atoms with Crippen molar-refractivity contribution in [3.05, 3.63) is 52.0 Å². The molecule has 19 heavy (non-hydrogen) atoms. The number of nitrogens with one attached hydrogen (secondary N) is 1. The maximum atomic E-state index is 12.2. The first-order chi connectivity index (χ1) is 8.92. The average molecular weight is 363 g/mol. The quantitative estimate of drug-likeness (QED) is 0.820. The van der Waals surface area contributed by atoms with Crippen LogP contribution in [0.5, 0.6) is 5.75 Å². The largest absolute Gasteiger partial charge is 0.504 e. The van der Waals surface area contributed by atoms with E-state index in [1.165, 1.54) is 18.2 Å². The summed E-state index contributed by atoms with van der Waals surface area (Å²) < 4.78 is 27.1. The van der Waals surface area contributed by atoms with E-state index in [0.717, 1.165) is 0 Å². The number of phenolic OH excluding ortho intramolecular Hbond substituents is 1. The average Bonchev–Trinajstić information content (AvgIpc) is 2.35. The summed E-state index contributed by atoms with van der Waals surface area (Å²) in [6, 6.07) is 10.8. The summed E-state index contributed by atoms with van der Waals surface area (Å²) in [7, 11) is -3.80. The number of hydrogen-bond acceptors (Lipinski definition) is 3. The molecular weight excluding hydrogens is 354 g/mol. The number of para-hydroxylation sites is 1. The molecule has 4 nitrogen and oxygen atoms in total. The van der Waals surface area contributed by atoms with Gasteiger partial charge in [-0.15, -0.1) is 0 Å². The molecule has 0 fully saturated rings. The molecule has 0 aromatic heterocycles. The molecule has 0 saturated heterocycles. The summed E-state index contributed by atoms with van der Waals surface area (Å²) in [5.74, 6) is -0.306. The lowest BCUT2D eigenvalue weighted by Crippen LogP contribution is -2.13. The van der Waals surface area contributed by atoms with Gasteiger partial charge in [0.1, 0.15) is 4.90 Å². The predicted octanol–water partition coefficient (Wildman–Crippen LogP) is 3.61. The number of phenols is 1. The van der Waals surface area contributed by atoms with Gasteiger partial charge >= 0.3 is 0 Å². The van der Waals surface area contributed by atoms with Crippen LogP contribution in [-0.4, -0.2) is 13.5 Å².